The van der Waals surface area contributed by atoms with Gasteiger partial charge in [-0.25, -0.2) is 0 Å². The Balaban J connectivity index is 1.99. The third-order valence-electron chi connectivity index (χ3n) is 4.09. The highest BCUT2D eigenvalue weighted by atomic mass is 16.5. The first-order chi connectivity index (χ1) is 11.0. The molecule has 2 unspecified atom stereocenters. The molecular weight excluding hydrogens is 296 g/mol. The molecule has 0 radical (unpaired) electrons. The van der Waals surface area contributed by atoms with Crippen molar-refractivity contribution < 1.29 is 19.1 Å². The molecule has 1 aromatic carbocycles. The maximum absolute atomic E-state index is 12.4. The maximum atomic E-state index is 12.4. The van der Waals surface area contributed by atoms with Crippen LogP contribution in [-0.4, -0.2) is 36.8 Å². The highest BCUT2D eigenvalue weighted by molar-refractivity contribution is 5.93. The number of piperidine rings is 1. The zero-order valence-corrected chi connectivity index (χ0v) is 13.4. The van der Waals surface area contributed by atoms with Crippen LogP contribution in [-0.2, 0) is 20.8 Å². The fraction of sp³-hybridized carbons (Fsp3) is 0.471. The molecule has 2 atom stereocenters. The molecule has 2 rings (SSSR count). The number of hydrogen-bond acceptors (Lipinski definition) is 4. The third-order valence-corrected chi connectivity index (χ3v) is 4.09. The predicted octanol–water partition coefficient (Wildman–Crippen LogP) is 0.980. The Labute approximate surface area is 135 Å². The summed E-state index contributed by atoms with van der Waals surface area (Å²) in [5.41, 5.74) is -0.0303. The van der Waals surface area contributed by atoms with E-state index < -0.39 is 11.6 Å². The molecule has 0 saturated carbocycles. The minimum absolute atomic E-state index is 0.133. The number of amides is 2. The molecule has 0 aliphatic carbocycles. The molecule has 1 aliphatic heterocycles. The van der Waals surface area contributed by atoms with Gasteiger partial charge in [0.15, 0.2) is 0 Å². The van der Waals surface area contributed by atoms with E-state index >= 15 is 0 Å². The van der Waals surface area contributed by atoms with Crippen molar-refractivity contribution in [2.24, 2.45) is 0 Å². The fourth-order valence-corrected chi connectivity index (χ4v) is 2.68. The minimum atomic E-state index is -0.948. The largest absolute Gasteiger partial charge is 0.497 e. The molecule has 0 bridgehead atoms. The monoisotopic (exact) mass is 318 g/mol. The molecule has 1 aliphatic rings. The fourth-order valence-electron chi connectivity index (χ4n) is 2.68. The van der Waals surface area contributed by atoms with Gasteiger partial charge in [0, 0.05) is 6.42 Å². The molecule has 124 valence electrons. The molecule has 23 heavy (non-hydrogen) atoms. The van der Waals surface area contributed by atoms with Crippen LogP contribution in [0.1, 0.15) is 31.7 Å². The predicted molar refractivity (Wildman–Crippen MR) is 85.1 cm³/mol. The average Bonchev–Trinajstić information content (AvgIpc) is 2.54. The highest BCUT2D eigenvalue weighted by Crippen LogP contribution is 2.20. The molecule has 6 nitrogen and oxygen atoms in total. The Morgan fingerprint density at radius 3 is 2.70 bits per heavy atom. The molecule has 1 fully saturated rings. The topological polar surface area (TPSA) is 84.5 Å². The summed E-state index contributed by atoms with van der Waals surface area (Å²) in [6, 6.07) is 6.69. The number of carbonyl (C=O) groups excluding carboxylic acids is 3. The van der Waals surface area contributed by atoms with Gasteiger partial charge in [-0.15, -0.1) is 0 Å². The number of benzene rings is 1. The van der Waals surface area contributed by atoms with E-state index in [1.54, 1.807) is 14.0 Å². The molecule has 0 aromatic heterocycles. The van der Waals surface area contributed by atoms with Crippen LogP contribution in [0.3, 0.4) is 0 Å². The summed E-state index contributed by atoms with van der Waals surface area (Å²) in [6.45, 7) is 1.69. The second-order valence-electron chi connectivity index (χ2n) is 6.00. The highest BCUT2D eigenvalue weighted by Gasteiger charge is 2.38. The summed E-state index contributed by atoms with van der Waals surface area (Å²) in [5.74, 6) is 0.278. The maximum Gasteiger partial charge on any atom is 0.246 e. The molecule has 1 saturated heterocycles. The van der Waals surface area contributed by atoms with Crippen molar-refractivity contribution in [3.8, 4) is 5.75 Å². The van der Waals surface area contributed by atoms with E-state index in [9.17, 15) is 14.4 Å². The van der Waals surface area contributed by atoms with E-state index in [2.05, 4.69) is 10.6 Å². The van der Waals surface area contributed by atoms with Crippen LogP contribution < -0.4 is 15.4 Å². The van der Waals surface area contributed by atoms with Crippen LogP contribution >= 0.6 is 0 Å². The summed E-state index contributed by atoms with van der Waals surface area (Å²) in [5, 5.41) is 5.44. The van der Waals surface area contributed by atoms with Crippen molar-refractivity contribution in [1.82, 2.24) is 10.6 Å². The van der Waals surface area contributed by atoms with Crippen LogP contribution in [0.25, 0.3) is 0 Å². The van der Waals surface area contributed by atoms with Gasteiger partial charge < -0.3 is 20.2 Å². The minimum Gasteiger partial charge on any atom is -0.497 e. The zero-order chi connectivity index (χ0) is 16.9. The van der Waals surface area contributed by atoms with Gasteiger partial charge in [0.2, 0.25) is 11.8 Å². The summed E-state index contributed by atoms with van der Waals surface area (Å²) < 4.78 is 5.09. The van der Waals surface area contributed by atoms with Crippen molar-refractivity contribution in [1.29, 1.82) is 0 Å². The lowest BCUT2D eigenvalue weighted by atomic mass is 9.89. The first-order valence-corrected chi connectivity index (χ1v) is 7.67. The van der Waals surface area contributed by atoms with Gasteiger partial charge in [-0.2, -0.15) is 0 Å². The van der Waals surface area contributed by atoms with E-state index in [1.807, 2.05) is 24.3 Å². The van der Waals surface area contributed by atoms with Gasteiger partial charge >= 0.3 is 0 Å². The Kier molecular flexibility index (Phi) is 5.36. The second-order valence-corrected chi connectivity index (χ2v) is 6.00. The van der Waals surface area contributed by atoms with Crippen molar-refractivity contribution >= 4 is 18.1 Å². The molecular formula is C17H22N2O4. The quantitative estimate of drug-likeness (QED) is 0.766. The van der Waals surface area contributed by atoms with Crippen molar-refractivity contribution in [3.63, 3.8) is 0 Å². The second kappa shape index (κ2) is 7.26. The molecule has 6 heteroatoms. The van der Waals surface area contributed by atoms with Crippen molar-refractivity contribution in [3.05, 3.63) is 29.8 Å². The zero-order valence-electron chi connectivity index (χ0n) is 13.4. The van der Waals surface area contributed by atoms with Gasteiger partial charge in [-0.3, -0.25) is 9.59 Å². The lowest BCUT2D eigenvalue weighted by molar-refractivity contribution is -0.136. The first-order valence-electron chi connectivity index (χ1n) is 7.67. The Morgan fingerprint density at radius 1 is 1.43 bits per heavy atom. The standard InChI is InChI=1S/C17H22N2O4/c1-17(9-3-4-15(21)19-17)16(22)18-13(11-20)10-12-5-7-14(23-2)8-6-12/h5-8,11,13H,3-4,9-10H2,1-2H3,(H,18,22)(H,19,21). The average molecular weight is 318 g/mol. The Bertz CT molecular complexity index is 585. The molecule has 0 spiro atoms. The number of rotatable bonds is 6. The van der Waals surface area contributed by atoms with Crippen molar-refractivity contribution in [2.75, 3.05) is 7.11 Å². The summed E-state index contributed by atoms with van der Waals surface area (Å²) in [4.78, 5) is 35.2. The van der Waals surface area contributed by atoms with E-state index in [1.165, 1.54) is 0 Å². The van der Waals surface area contributed by atoms with E-state index in [0.29, 0.717) is 25.7 Å². The van der Waals surface area contributed by atoms with E-state index in [-0.39, 0.29) is 11.8 Å². The third kappa shape index (κ3) is 4.31. The lowest BCUT2D eigenvalue weighted by Crippen LogP contribution is -2.60. The van der Waals surface area contributed by atoms with Crippen LogP contribution in [0.4, 0.5) is 0 Å². The Morgan fingerprint density at radius 2 is 2.13 bits per heavy atom. The normalized spacial score (nSPS) is 21.9. The number of carbonyl (C=O) groups is 3. The van der Waals surface area contributed by atoms with Crippen molar-refractivity contribution in [2.45, 2.75) is 44.2 Å². The van der Waals surface area contributed by atoms with Crippen LogP contribution in [0, 0.1) is 0 Å². The van der Waals surface area contributed by atoms with Gasteiger partial charge in [0.1, 0.15) is 17.6 Å². The van der Waals surface area contributed by atoms with Crippen LogP contribution in [0.5, 0.6) is 5.75 Å². The number of ether oxygens (including phenoxy) is 1. The summed E-state index contributed by atoms with van der Waals surface area (Å²) in [7, 11) is 1.59. The van der Waals surface area contributed by atoms with Gasteiger partial charge in [0.05, 0.1) is 13.2 Å². The van der Waals surface area contributed by atoms with E-state index in [0.717, 1.165) is 17.6 Å². The molecule has 2 amide bonds. The van der Waals surface area contributed by atoms with Gasteiger partial charge in [-0.05, 0) is 43.9 Å². The SMILES string of the molecule is COc1ccc(CC(C=O)NC(=O)C2(C)CCCC(=O)N2)cc1. The van der Waals surface area contributed by atoms with Crippen LogP contribution in [0.15, 0.2) is 24.3 Å². The van der Waals surface area contributed by atoms with E-state index in [4.69, 9.17) is 4.74 Å². The lowest BCUT2D eigenvalue weighted by Gasteiger charge is -2.34. The van der Waals surface area contributed by atoms with Gasteiger partial charge in [0.25, 0.3) is 0 Å². The molecule has 2 N–H and O–H groups in total. The summed E-state index contributed by atoms with van der Waals surface area (Å²) in [6.07, 6.45) is 2.78. The molecule has 1 aromatic rings. The number of methoxy groups -OCH3 is 1. The molecule has 1 heterocycles. The van der Waals surface area contributed by atoms with Crippen LogP contribution in [0.2, 0.25) is 0 Å². The smallest absolute Gasteiger partial charge is 0.246 e. The first kappa shape index (κ1) is 17.0. The van der Waals surface area contributed by atoms with Gasteiger partial charge in [-0.1, -0.05) is 12.1 Å². The summed E-state index contributed by atoms with van der Waals surface area (Å²) >= 11 is 0. The Hall–Kier alpha value is -2.37. The number of nitrogens with one attached hydrogen (secondary N) is 2. The number of hydrogen-bond donors (Lipinski definition) is 2. The number of aldehydes is 1.